The van der Waals surface area contributed by atoms with E-state index in [2.05, 4.69) is 33.8 Å². The van der Waals surface area contributed by atoms with Crippen molar-refractivity contribution < 1.29 is 14.3 Å². The van der Waals surface area contributed by atoms with Crippen LogP contribution in [0.15, 0.2) is 18.2 Å². The van der Waals surface area contributed by atoms with E-state index in [0.29, 0.717) is 35.9 Å². The fourth-order valence-corrected chi connectivity index (χ4v) is 12.8. The Balaban J connectivity index is 0.940. The number of carbonyl (C=O) groups is 1. The van der Waals surface area contributed by atoms with E-state index >= 15 is 0 Å². The molecule has 5 rings (SSSR count). The van der Waals surface area contributed by atoms with Crippen LogP contribution in [-0.4, -0.2) is 25.3 Å². The van der Waals surface area contributed by atoms with Crippen LogP contribution >= 0.6 is 0 Å². The zero-order valence-corrected chi connectivity index (χ0v) is 35.7. The first-order chi connectivity index (χ1) is 26.2. The molecular formula is C49H84N2O3. The van der Waals surface area contributed by atoms with Gasteiger partial charge in [0.15, 0.2) is 0 Å². The van der Waals surface area contributed by atoms with Crippen molar-refractivity contribution in [3.63, 3.8) is 0 Å². The number of hydrogen-bond donors (Lipinski definition) is 2. The summed E-state index contributed by atoms with van der Waals surface area (Å²) in [6, 6.07) is 5.89. The molecule has 0 spiro atoms. The average Bonchev–Trinajstić information content (AvgIpc) is 3.52. The minimum Gasteiger partial charge on any atom is -0.466 e. The van der Waals surface area contributed by atoms with Crippen molar-refractivity contribution in [1.82, 2.24) is 0 Å². The first-order valence-corrected chi connectivity index (χ1v) is 23.6. The van der Waals surface area contributed by atoms with Gasteiger partial charge in [-0.25, -0.2) is 0 Å². The van der Waals surface area contributed by atoms with Crippen LogP contribution in [0.5, 0.6) is 0 Å². The van der Waals surface area contributed by atoms with Crippen molar-refractivity contribution in [2.24, 2.45) is 46.3 Å². The number of carbonyl (C=O) groups excluding carboxylic acids is 1. The number of esters is 1. The van der Waals surface area contributed by atoms with Gasteiger partial charge in [0.1, 0.15) is 0 Å². The molecule has 4 saturated carbocycles. The lowest BCUT2D eigenvalue weighted by Gasteiger charge is -2.61. The van der Waals surface area contributed by atoms with Crippen molar-refractivity contribution >= 4 is 17.3 Å². The molecule has 4 N–H and O–H groups in total. The van der Waals surface area contributed by atoms with Crippen LogP contribution in [0.4, 0.5) is 11.4 Å². The highest BCUT2D eigenvalue weighted by atomic mass is 16.5. The third kappa shape index (κ3) is 11.7. The van der Waals surface area contributed by atoms with Gasteiger partial charge in [0, 0.05) is 24.4 Å². The van der Waals surface area contributed by atoms with E-state index in [1.165, 1.54) is 147 Å². The number of rotatable bonds is 24. The molecule has 0 aliphatic heterocycles. The lowest BCUT2D eigenvalue weighted by atomic mass is 9.44. The summed E-state index contributed by atoms with van der Waals surface area (Å²) in [6.45, 7) is 11.5. The van der Waals surface area contributed by atoms with Crippen LogP contribution in [0.1, 0.15) is 200 Å². The average molecular weight is 749 g/mol. The SMILES string of the molecule is CCCCCCCCCCCCCCCCOC(=O)CC[C@@H](C)[C@H]1CC[C@H]2[C@@H]3CCC4CC(OCCCc5ccc(N)cc5N)CC[C@]4(C)[C@H]3CC[C@]12C. The predicted molar refractivity (Wildman–Crippen MR) is 228 cm³/mol. The van der Waals surface area contributed by atoms with E-state index in [0.717, 1.165) is 73.3 Å². The number of unbranched alkanes of at least 4 members (excludes halogenated alkanes) is 13. The molecule has 2 unspecified atom stereocenters. The fraction of sp³-hybridized carbons (Fsp3) is 0.857. The number of hydrogen-bond acceptors (Lipinski definition) is 5. The molecule has 0 heterocycles. The van der Waals surface area contributed by atoms with Gasteiger partial charge in [-0.3, -0.25) is 4.79 Å². The van der Waals surface area contributed by atoms with E-state index < -0.39 is 0 Å². The molecule has 4 aliphatic carbocycles. The van der Waals surface area contributed by atoms with Gasteiger partial charge in [0.05, 0.1) is 12.7 Å². The zero-order chi connectivity index (χ0) is 38.4. The molecular weight excluding hydrogens is 665 g/mol. The van der Waals surface area contributed by atoms with E-state index in [1.54, 1.807) is 0 Å². The molecule has 9 atom stereocenters. The monoisotopic (exact) mass is 749 g/mol. The summed E-state index contributed by atoms with van der Waals surface area (Å²) in [5.41, 5.74) is 15.7. The van der Waals surface area contributed by atoms with Gasteiger partial charge in [-0.1, -0.05) is 117 Å². The van der Waals surface area contributed by atoms with Crippen molar-refractivity contribution in [3.8, 4) is 0 Å². The molecule has 54 heavy (non-hydrogen) atoms. The zero-order valence-electron chi connectivity index (χ0n) is 35.7. The molecule has 1 aromatic carbocycles. The molecule has 0 saturated heterocycles. The fourth-order valence-electron chi connectivity index (χ4n) is 12.8. The molecule has 308 valence electrons. The Hall–Kier alpha value is -1.75. The van der Waals surface area contributed by atoms with Crippen molar-refractivity contribution in [2.45, 2.75) is 207 Å². The minimum atomic E-state index is 0.0392. The highest BCUT2D eigenvalue weighted by Gasteiger charge is 2.60. The summed E-state index contributed by atoms with van der Waals surface area (Å²) in [7, 11) is 0. The van der Waals surface area contributed by atoms with Gasteiger partial charge in [-0.05, 0) is 148 Å². The van der Waals surface area contributed by atoms with Crippen molar-refractivity contribution in [2.75, 3.05) is 24.7 Å². The molecule has 0 radical (unpaired) electrons. The van der Waals surface area contributed by atoms with Gasteiger partial charge < -0.3 is 20.9 Å². The maximum Gasteiger partial charge on any atom is 0.305 e. The Morgan fingerprint density at radius 2 is 1.41 bits per heavy atom. The van der Waals surface area contributed by atoms with Crippen LogP contribution < -0.4 is 11.5 Å². The van der Waals surface area contributed by atoms with Crippen molar-refractivity contribution in [3.05, 3.63) is 23.8 Å². The van der Waals surface area contributed by atoms with Crippen molar-refractivity contribution in [1.29, 1.82) is 0 Å². The Labute approximate surface area is 332 Å². The smallest absolute Gasteiger partial charge is 0.305 e. The first-order valence-electron chi connectivity index (χ1n) is 23.6. The summed E-state index contributed by atoms with van der Waals surface area (Å²) in [4.78, 5) is 12.8. The number of benzene rings is 1. The number of ether oxygens (including phenoxy) is 2. The van der Waals surface area contributed by atoms with E-state index in [-0.39, 0.29) is 5.97 Å². The Morgan fingerprint density at radius 1 is 0.759 bits per heavy atom. The molecule has 0 aromatic heterocycles. The van der Waals surface area contributed by atoms with Gasteiger partial charge >= 0.3 is 5.97 Å². The normalized spacial score (nSPS) is 31.0. The third-order valence-electron chi connectivity index (χ3n) is 16.1. The van der Waals surface area contributed by atoms with Crippen LogP contribution in [0.2, 0.25) is 0 Å². The molecule has 1 aromatic rings. The van der Waals surface area contributed by atoms with Gasteiger partial charge in [-0.2, -0.15) is 0 Å². The maximum atomic E-state index is 12.8. The predicted octanol–water partition coefficient (Wildman–Crippen LogP) is 13.3. The second kappa shape index (κ2) is 21.7. The summed E-state index contributed by atoms with van der Waals surface area (Å²) < 4.78 is 12.3. The van der Waals surface area contributed by atoms with Gasteiger partial charge in [0.2, 0.25) is 0 Å². The molecule has 5 heteroatoms. The maximum absolute atomic E-state index is 12.8. The topological polar surface area (TPSA) is 87.6 Å². The van der Waals surface area contributed by atoms with Crippen LogP contribution in [0.25, 0.3) is 0 Å². The van der Waals surface area contributed by atoms with E-state index in [4.69, 9.17) is 20.9 Å². The van der Waals surface area contributed by atoms with E-state index in [9.17, 15) is 4.79 Å². The number of nitrogen functional groups attached to an aromatic ring is 2. The lowest BCUT2D eigenvalue weighted by Crippen LogP contribution is -2.54. The highest BCUT2D eigenvalue weighted by molar-refractivity contribution is 5.69. The van der Waals surface area contributed by atoms with Gasteiger partial charge in [-0.15, -0.1) is 0 Å². The quantitative estimate of drug-likeness (QED) is 0.0624. The van der Waals surface area contributed by atoms with Gasteiger partial charge in [0.25, 0.3) is 0 Å². The lowest BCUT2D eigenvalue weighted by molar-refractivity contribution is -0.145. The third-order valence-corrected chi connectivity index (χ3v) is 16.1. The second-order valence-corrected chi connectivity index (χ2v) is 19.5. The number of fused-ring (bicyclic) bond motifs is 5. The first kappa shape index (κ1) is 43.4. The van der Waals surface area contributed by atoms with Crippen LogP contribution in [0, 0.1) is 46.3 Å². The Kier molecular flexibility index (Phi) is 17.4. The van der Waals surface area contributed by atoms with Crippen LogP contribution in [-0.2, 0) is 20.7 Å². The number of aryl methyl sites for hydroxylation is 1. The largest absolute Gasteiger partial charge is 0.466 e. The molecule has 0 amide bonds. The highest BCUT2D eigenvalue weighted by Crippen LogP contribution is 2.68. The summed E-state index contributed by atoms with van der Waals surface area (Å²) in [5.74, 6) is 4.83. The summed E-state index contributed by atoms with van der Waals surface area (Å²) in [5, 5.41) is 0. The number of anilines is 2. The molecule has 4 aliphatic rings. The molecule has 4 fully saturated rings. The minimum absolute atomic E-state index is 0.0392. The summed E-state index contributed by atoms with van der Waals surface area (Å²) >= 11 is 0. The van der Waals surface area contributed by atoms with E-state index in [1.807, 2.05) is 12.1 Å². The second-order valence-electron chi connectivity index (χ2n) is 19.5. The summed E-state index contributed by atoms with van der Waals surface area (Å²) in [6.07, 6.45) is 35.0. The Morgan fingerprint density at radius 3 is 2.09 bits per heavy atom. The standard InChI is InChI=1S/C49H84N2O3/c1-5-6-7-8-9-10-11-12-13-14-15-16-17-18-33-54-47(52)28-21-37(2)43-26-27-44-42-25-23-39-35-41(29-31-48(39,3)45(42)30-32-49(43,44)4)53-34-19-20-38-22-24-40(50)36-46(38)51/h22,24,36-37,39,41-45H,5-21,23,25-35,50-51H2,1-4H3/t37-,39?,41?,42+,43-,44+,45+,48+,49-/m1/s1. The number of nitrogens with two attached hydrogens (primary N) is 2. The molecule has 5 nitrogen and oxygen atoms in total. The molecule has 0 bridgehead atoms. The van der Waals surface area contributed by atoms with Crippen LogP contribution in [0.3, 0.4) is 0 Å². The Bertz CT molecular complexity index is 1250.